The third-order valence-electron chi connectivity index (χ3n) is 3.61. The molecule has 136 valence electrons. The molecule has 0 aliphatic heterocycles. The van der Waals surface area contributed by atoms with Gasteiger partial charge in [-0.1, -0.05) is 19.6 Å². The van der Waals surface area contributed by atoms with Gasteiger partial charge in [0.05, 0.1) is 0 Å². The second-order valence-electron chi connectivity index (χ2n) is 7.34. The highest BCUT2D eigenvalue weighted by Gasteiger charge is 2.18. The zero-order valence-electron chi connectivity index (χ0n) is 15.4. The fraction of sp³-hybridized carbons (Fsp3) is 0.471. The van der Waals surface area contributed by atoms with Crippen molar-refractivity contribution in [2.24, 2.45) is 0 Å². The molecule has 0 saturated carbocycles. The van der Waals surface area contributed by atoms with Crippen LogP contribution < -0.4 is 0 Å². The van der Waals surface area contributed by atoms with Crippen molar-refractivity contribution in [3.8, 4) is 11.4 Å². The normalized spacial score (nSPS) is 11.6. The molecule has 0 atom stereocenters. The van der Waals surface area contributed by atoms with E-state index >= 15 is 0 Å². The lowest BCUT2D eigenvalue weighted by atomic mass is 10.3. The van der Waals surface area contributed by atoms with Crippen LogP contribution in [0.25, 0.3) is 11.4 Å². The number of pyridine rings is 1. The first-order valence-corrected chi connectivity index (χ1v) is 12.7. The van der Waals surface area contributed by atoms with Crippen molar-refractivity contribution in [3.05, 3.63) is 34.8 Å². The van der Waals surface area contributed by atoms with Gasteiger partial charge in [-0.2, -0.15) is 0 Å². The summed E-state index contributed by atoms with van der Waals surface area (Å²) in [6.07, 6.45) is 3.48. The van der Waals surface area contributed by atoms with E-state index in [2.05, 4.69) is 45.5 Å². The van der Waals surface area contributed by atoms with Crippen LogP contribution in [-0.4, -0.2) is 54.1 Å². The molecule has 0 saturated heterocycles. The molecule has 8 heteroatoms. The molecule has 1 amide bonds. The van der Waals surface area contributed by atoms with E-state index in [0.29, 0.717) is 24.9 Å². The van der Waals surface area contributed by atoms with Gasteiger partial charge >= 0.3 is 0 Å². The molecule has 0 radical (unpaired) electrons. The van der Waals surface area contributed by atoms with E-state index in [0.717, 1.165) is 16.2 Å². The average Bonchev–Trinajstić information content (AvgIpc) is 2.94. The van der Waals surface area contributed by atoms with Gasteiger partial charge in [-0.15, -0.1) is 0 Å². The van der Waals surface area contributed by atoms with Crippen molar-refractivity contribution in [3.63, 3.8) is 0 Å². The first-order valence-electron chi connectivity index (χ1n) is 8.16. The van der Waals surface area contributed by atoms with Crippen molar-refractivity contribution in [2.75, 3.05) is 20.7 Å². The zero-order valence-corrected chi connectivity index (χ0v) is 18.0. The Morgan fingerprint density at radius 3 is 2.60 bits per heavy atom. The summed E-state index contributed by atoms with van der Waals surface area (Å²) >= 11 is 3.33. The third-order valence-corrected chi connectivity index (χ3v) is 5.79. The number of rotatable bonds is 7. The van der Waals surface area contributed by atoms with Crippen molar-refractivity contribution in [2.45, 2.75) is 32.4 Å². The van der Waals surface area contributed by atoms with E-state index in [-0.39, 0.29) is 5.91 Å². The Labute approximate surface area is 158 Å². The molecule has 0 aliphatic carbocycles. The van der Waals surface area contributed by atoms with Gasteiger partial charge in [0, 0.05) is 46.7 Å². The van der Waals surface area contributed by atoms with E-state index in [1.807, 2.05) is 16.7 Å². The lowest BCUT2D eigenvalue weighted by Gasteiger charge is -2.16. The number of nitrogens with zero attached hydrogens (tertiary/aromatic N) is 4. The summed E-state index contributed by atoms with van der Waals surface area (Å²) in [6.45, 7) is 8.04. The fourth-order valence-electron chi connectivity index (χ4n) is 2.13. The molecule has 0 bridgehead atoms. The van der Waals surface area contributed by atoms with Crippen LogP contribution in [0, 0.1) is 0 Å². The molecule has 2 aromatic rings. The van der Waals surface area contributed by atoms with E-state index in [1.165, 1.54) is 4.90 Å². The fourth-order valence-corrected chi connectivity index (χ4v) is 3.12. The molecule has 0 aliphatic rings. The van der Waals surface area contributed by atoms with Gasteiger partial charge in [0.15, 0.2) is 0 Å². The summed E-state index contributed by atoms with van der Waals surface area (Å²) in [5, 5.41) is 0. The number of carbonyl (C=O) groups excluding carboxylic acids is 1. The number of carbonyl (C=O) groups is 1. The van der Waals surface area contributed by atoms with Crippen LogP contribution in [-0.2, 0) is 11.5 Å². The van der Waals surface area contributed by atoms with Crippen LogP contribution in [0.5, 0.6) is 0 Å². The summed E-state index contributed by atoms with van der Waals surface area (Å²) in [7, 11) is 2.30. The lowest BCUT2D eigenvalue weighted by molar-refractivity contribution is 0.0817. The molecule has 25 heavy (non-hydrogen) atoms. The highest BCUT2D eigenvalue weighted by Crippen LogP contribution is 2.21. The first-order chi connectivity index (χ1) is 11.7. The van der Waals surface area contributed by atoms with E-state index in [9.17, 15) is 4.79 Å². The summed E-state index contributed by atoms with van der Waals surface area (Å²) in [4.78, 5) is 22.5. The maximum absolute atomic E-state index is 12.2. The third kappa shape index (κ3) is 5.76. The van der Waals surface area contributed by atoms with Gasteiger partial charge in [-0.05, 0) is 34.1 Å². The van der Waals surface area contributed by atoms with Crippen molar-refractivity contribution < 1.29 is 9.53 Å². The molecule has 2 aromatic heterocycles. The van der Waals surface area contributed by atoms with Crippen LogP contribution in [0.4, 0.5) is 0 Å². The van der Waals surface area contributed by atoms with Gasteiger partial charge < -0.3 is 14.2 Å². The number of hydrogen-bond acceptors (Lipinski definition) is 4. The van der Waals surface area contributed by atoms with Gasteiger partial charge in [-0.25, -0.2) is 9.97 Å². The van der Waals surface area contributed by atoms with Gasteiger partial charge in [-0.3, -0.25) is 4.79 Å². The highest BCUT2D eigenvalue weighted by molar-refractivity contribution is 9.10. The topological polar surface area (TPSA) is 60.2 Å². The molecule has 2 heterocycles. The van der Waals surface area contributed by atoms with Crippen molar-refractivity contribution in [1.82, 2.24) is 19.4 Å². The molecule has 0 unspecified atom stereocenters. The Balaban J connectivity index is 2.23. The minimum atomic E-state index is -1.13. The van der Waals surface area contributed by atoms with Gasteiger partial charge in [0.1, 0.15) is 22.9 Å². The lowest BCUT2D eigenvalue weighted by Crippen LogP contribution is -2.22. The number of halogens is 1. The smallest absolute Gasteiger partial charge is 0.273 e. The Hall–Kier alpha value is -1.51. The SMILES string of the molecule is CN(C)C(=O)c1cn(COCC[Si](C)(C)C)c(-c2ccc(Br)nc2)n1. The monoisotopic (exact) mass is 424 g/mol. The van der Waals surface area contributed by atoms with E-state index < -0.39 is 8.07 Å². The van der Waals surface area contributed by atoms with E-state index in [4.69, 9.17) is 4.74 Å². The van der Waals surface area contributed by atoms with Crippen LogP contribution in [0.3, 0.4) is 0 Å². The molecule has 0 spiro atoms. The molecular weight excluding hydrogens is 400 g/mol. The number of hydrogen-bond donors (Lipinski definition) is 0. The molecule has 6 nitrogen and oxygen atoms in total. The molecule has 0 aromatic carbocycles. The second-order valence-corrected chi connectivity index (χ2v) is 13.8. The number of ether oxygens (including phenoxy) is 1. The number of aromatic nitrogens is 3. The molecule has 0 fully saturated rings. The zero-order chi connectivity index (χ0) is 18.6. The predicted octanol–water partition coefficient (Wildman–Crippen LogP) is 3.72. The standard InChI is InChI=1S/C17H25BrN4O2Si/c1-21(2)17(23)14-11-22(12-24-8-9-25(3,4)5)16(20-14)13-6-7-15(18)19-10-13/h6-7,10-11H,8-9,12H2,1-5H3. The van der Waals surface area contributed by atoms with Crippen LogP contribution in [0.1, 0.15) is 10.5 Å². The Morgan fingerprint density at radius 2 is 2.04 bits per heavy atom. The maximum atomic E-state index is 12.2. The quantitative estimate of drug-likeness (QED) is 0.385. The van der Waals surface area contributed by atoms with Crippen LogP contribution in [0.15, 0.2) is 29.1 Å². The number of amides is 1. The Kier molecular flexibility index (Phi) is 6.53. The second kappa shape index (κ2) is 8.24. The predicted molar refractivity (Wildman–Crippen MR) is 105 cm³/mol. The van der Waals surface area contributed by atoms with Crippen molar-refractivity contribution in [1.29, 1.82) is 0 Å². The Bertz CT molecular complexity index is 723. The summed E-state index contributed by atoms with van der Waals surface area (Å²) in [6, 6.07) is 4.87. The Morgan fingerprint density at radius 1 is 1.32 bits per heavy atom. The van der Waals surface area contributed by atoms with Gasteiger partial charge in [0.2, 0.25) is 0 Å². The minimum absolute atomic E-state index is 0.132. The summed E-state index contributed by atoms with van der Waals surface area (Å²) in [5.41, 5.74) is 1.24. The highest BCUT2D eigenvalue weighted by atomic mass is 79.9. The summed E-state index contributed by atoms with van der Waals surface area (Å²) in [5.74, 6) is 0.547. The first kappa shape index (κ1) is 19.8. The summed E-state index contributed by atoms with van der Waals surface area (Å²) < 4.78 is 8.46. The minimum Gasteiger partial charge on any atom is -0.361 e. The molecule has 2 rings (SSSR count). The number of imidazole rings is 1. The average molecular weight is 425 g/mol. The van der Waals surface area contributed by atoms with E-state index in [1.54, 1.807) is 26.5 Å². The largest absolute Gasteiger partial charge is 0.361 e. The van der Waals surface area contributed by atoms with Crippen LogP contribution >= 0.6 is 15.9 Å². The maximum Gasteiger partial charge on any atom is 0.273 e. The molecular formula is C17H25BrN4O2Si. The molecule has 0 N–H and O–H groups in total. The van der Waals surface area contributed by atoms with Crippen LogP contribution in [0.2, 0.25) is 25.7 Å². The van der Waals surface area contributed by atoms with Crippen molar-refractivity contribution >= 4 is 29.9 Å². The van der Waals surface area contributed by atoms with Gasteiger partial charge in [0.25, 0.3) is 5.91 Å².